The van der Waals surface area contributed by atoms with Gasteiger partial charge in [-0.2, -0.15) is 0 Å². The highest BCUT2D eigenvalue weighted by atomic mass is 14.6. The van der Waals surface area contributed by atoms with Crippen molar-refractivity contribution in [2.24, 2.45) is 17.2 Å². The fourth-order valence-electron chi connectivity index (χ4n) is 0. The summed E-state index contributed by atoms with van der Waals surface area (Å²) in [5, 5.41) is 0. The molecule has 0 radical (unpaired) electrons. The van der Waals surface area contributed by atoms with Gasteiger partial charge in [0.1, 0.15) is 0 Å². The largest absolute Gasteiger partial charge is 0.330 e. The molecule has 0 rings (SSSR count). The zero-order valence-corrected chi connectivity index (χ0v) is 10.0. The van der Waals surface area contributed by atoms with Crippen LogP contribution in [0.1, 0.15) is 47.5 Å². The van der Waals surface area contributed by atoms with E-state index in [1.54, 1.807) is 0 Å². The van der Waals surface area contributed by atoms with E-state index in [0.29, 0.717) is 12.1 Å². The molecule has 0 aromatic heterocycles. The van der Waals surface area contributed by atoms with Gasteiger partial charge in [-0.05, 0) is 32.4 Å². The fraction of sp³-hybridized carbons (Fsp3) is 1.00. The van der Waals surface area contributed by atoms with Gasteiger partial charge in [0.2, 0.25) is 0 Å². The lowest BCUT2D eigenvalue weighted by Gasteiger charge is -1.91. The van der Waals surface area contributed by atoms with Crippen molar-refractivity contribution in [2.75, 3.05) is 6.54 Å². The first-order valence-corrected chi connectivity index (χ1v) is 5.13. The summed E-state index contributed by atoms with van der Waals surface area (Å²) in [5.41, 5.74) is 15.4. The van der Waals surface area contributed by atoms with E-state index in [0.717, 1.165) is 19.4 Å². The quantitative estimate of drug-likeness (QED) is 0.618. The molecule has 0 saturated heterocycles. The highest BCUT2D eigenvalue weighted by molar-refractivity contribution is 4.43. The summed E-state index contributed by atoms with van der Waals surface area (Å²) < 4.78 is 0. The Morgan fingerprint density at radius 1 is 1.00 bits per heavy atom. The average Bonchev–Trinajstić information content (AvgIpc) is 2.04. The summed E-state index contributed by atoms with van der Waals surface area (Å²) >= 11 is 0. The summed E-state index contributed by atoms with van der Waals surface area (Å²) in [4.78, 5) is 0. The van der Waals surface area contributed by atoms with Crippen LogP contribution in [0.25, 0.3) is 0 Å². The Bertz CT molecular complexity index is 58.4. The molecular formula is C10H29N3. The summed E-state index contributed by atoms with van der Waals surface area (Å²) in [5.74, 6) is 0. The molecule has 0 aromatic rings. The standard InChI is InChI=1S/C4H11N.2C3H9N/c1-3-4(2)5;1-3(2)4;1-2-3-4/h4H,3,5H2,1-2H3;3H,4H2,1-2H3;2-4H2,1H3. The van der Waals surface area contributed by atoms with Gasteiger partial charge in [-0.15, -0.1) is 0 Å². The lowest BCUT2D eigenvalue weighted by Crippen LogP contribution is -2.11. The Morgan fingerprint density at radius 3 is 1.15 bits per heavy atom. The minimum Gasteiger partial charge on any atom is -0.330 e. The predicted octanol–water partition coefficient (Wildman–Crippen LogP) is 1.45. The van der Waals surface area contributed by atoms with Crippen LogP contribution in [0.15, 0.2) is 0 Å². The molecule has 0 spiro atoms. The highest BCUT2D eigenvalue weighted by Crippen LogP contribution is 1.77. The van der Waals surface area contributed by atoms with Crippen LogP contribution < -0.4 is 17.2 Å². The van der Waals surface area contributed by atoms with E-state index in [1.807, 2.05) is 20.8 Å². The second-order valence-corrected chi connectivity index (χ2v) is 3.42. The Hall–Kier alpha value is -0.120. The van der Waals surface area contributed by atoms with Crippen LogP contribution in [0.2, 0.25) is 0 Å². The Morgan fingerprint density at radius 2 is 1.15 bits per heavy atom. The molecular weight excluding hydrogens is 162 g/mol. The molecule has 0 aliphatic heterocycles. The highest BCUT2D eigenvalue weighted by Gasteiger charge is 1.79. The maximum absolute atomic E-state index is 5.29. The van der Waals surface area contributed by atoms with Gasteiger partial charge in [-0.25, -0.2) is 0 Å². The second kappa shape index (κ2) is 17.8. The molecule has 6 N–H and O–H groups in total. The third-order valence-corrected chi connectivity index (χ3v) is 0.933. The van der Waals surface area contributed by atoms with E-state index >= 15 is 0 Å². The Labute approximate surface area is 84.1 Å². The lowest BCUT2D eigenvalue weighted by atomic mass is 10.3. The van der Waals surface area contributed by atoms with E-state index in [4.69, 9.17) is 17.2 Å². The van der Waals surface area contributed by atoms with Gasteiger partial charge in [0.05, 0.1) is 0 Å². The SMILES string of the molecule is CC(C)N.CCC(C)N.CCCN. The summed E-state index contributed by atoms with van der Waals surface area (Å²) in [6.45, 7) is 10.8. The van der Waals surface area contributed by atoms with E-state index in [1.165, 1.54) is 0 Å². The average molecular weight is 191 g/mol. The van der Waals surface area contributed by atoms with Crippen molar-refractivity contribution >= 4 is 0 Å². The van der Waals surface area contributed by atoms with Crippen LogP contribution in [0.3, 0.4) is 0 Å². The van der Waals surface area contributed by atoms with Crippen molar-refractivity contribution in [1.29, 1.82) is 0 Å². The molecule has 0 bridgehead atoms. The maximum atomic E-state index is 5.29. The zero-order valence-electron chi connectivity index (χ0n) is 10.0. The zero-order chi connectivity index (χ0) is 11.3. The van der Waals surface area contributed by atoms with Crippen LogP contribution in [0.4, 0.5) is 0 Å². The smallest absolute Gasteiger partial charge is 0.000781 e. The summed E-state index contributed by atoms with van der Waals surface area (Å²) in [6, 6.07) is 0.718. The van der Waals surface area contributed by atoms with Gasteiger partial charge in [-0.3, -0.25) is 0 Å². The predicted molar refractivity (Wildman–Crippen MR) is 62.6 cm³/mol. The van der Waals surface area contributed by atoms with Crippen LogP contribution in [-0.4, -0.2) is 18.6 Å². The first-order chi connectivity index (χ1) is 5.92. The molecule has 0 amide bonds. The van der Waals surface area contributed by atoms with Gasteiger partial charge in [0.25, 0.3) is 0 Å². The normalized spacial score (nSPS) is 10.8. The van der Waals surface area contributed by atoms with Crippen LogP contribution in [-0.2, 0) is 0 Å². The monoisotopic (exact) mass is 191 g/mol. The fourth-order valence-corrected chi connectivity index (χ4v) is 0. The van der Waals surface area contributed by atoms with Gasteiger partial charge in [0, 0.05) is 6.04 Å². The van der Waals surface area contributed by atoms with E-state index in [2.05, 4.69) is 13.8 Å². The first-order valence-electron chi connectivity index (χ1n) is 5.13. The van der Waals surface area contributed by atoms with Gasteiger partial charge in [0.15, 0.2) is 0 Å². The lowest BCUT2D eigenvalue weighted by molar-refractivity contribution is 0.715. The number of nitrogens with two attached hydrogens (primary N) is 3. The third kappa shape index (κ3) is 140. The van der Waals surface area contributed by atoms with E-state index in [9.17, 15) is 0 Å². The molecule has 0 fully saturated rings. The van der Waals surface area contributed by atoms with Crippen LogP contribution in [0.5, 0.6) is 0 Å². The van der Waals surface area contributed by atoms with E-state index < -0.39 is 0 Å². The van der Waals surface area contributed by atoms with E-state index in [-0.39, 0.29) is 0 Å². The molecule has 0 heterocycles. The van der Waals surface area contributed by atoms with Crippen LogP contribution >= 0.6 is 0 Å². The molecule has 0 aromatic carbocycles. The summed E-state index contributed by atoms with van der Waals surface area (Å²) in [7, 11) is 0. The third-order valence-electron chi connectivity index (χ3n) is 0.933. The van der Waals surface area contributed by atoms with Crippen molar-refractivity contribution in [2.45, 2.75) is 59.5 Å². The minimum absolute atomic E-state index is 0.333. The molecule has 0 aliphatic rings. The van der Waals surface area contributed by atoms with Gasteiger partial charge >= 0.3 is 0 Å². The van der Waals surface area contributed by atoms with Crippen molar-refractivity contribution < 1.29 is 0 Å². The molecule has 0 aliphatic carbocycles. The summed E-state index contributed by atoms with van der Waals surface area (Å²) in [6.07, 6.45) is 2.18. The topological polar surface area (TPSA) is 78.1 Å². The Kier molecular flexibility index (Phi) is 25.5. The second-order valence-electron chi connectivity index (χ2n) is 3.42. The number of hydrogen-bond acceptors (Lipinski definition) is 3. The molecule has 1 atom stereocenters. The number of hydrogen-bond donors (Lipinski definition) is 3. The maximum Gasteiger partial charge on any atom is 0.000781 e. The minimum atomic E-state index is 0.333. The molecule has 84 valence electrons. The molecule has 3 heteroatoms. The molecule has 13 heavy (non-hydrogen) atoms. The van der Waals surface area contributed by atoms with Gasteiger partial charge in [-0.1, -0.05) is 27.7 Å². The van der Waals surface area contributed by atoms with Crippen molar-refractivity contribution in [3.05, 3.63) is 0 Å². The van der Waals surface area contributed by atoms with Crippen LogP contribution in [0, 0.1) is 0 Å². The van der Waals surface area contributed by atoms with Crippen molar-refractivity contribution in [3.8, 4) is 0 Å². The molecule has 3 nitrogen and oxygen atoms in total. The molecule has 0 saturated carbocycles. The van der Waals surface area contributed by atoms with Crippen molar-refractivity contribution in [1.82, 2.24) is 0 Å². The molecule has 1 unspecified atom stereocenters. The Balaban J connectivity index is -0.000000117. The first kappa shape index (κ1) is 18.6. The van der Waals surface area contributed by atoms with Crippen molar-refractivity contribution in [3.63, 3.8) is 0 Å². The van der Waals surface area contributed by atoms with Gasteiger partial charge < -0.3 is 17.2 Å². The number of rotatable bonds is 2.